The first-order valence-electron chi connectivity index (χ1n) is 5.80. The molecule has 0 saturated heterocycles. The van der Waals surface area contributed by atoms with Crippen LogP contribution in [-0.4, -0.2) is 34.9 Å². The van der Waals surface area contributed by atoms with Crippen LogP contribution in [0.5, 0.6) is 5.75 Å². The van der Waals surface area contributed by atoms with Crippen LogP contribution in [-0.2, 0) is 0 Å². The van der Waals surface area contributed by atoms with E-state index in [0.29, 0.717) is 11.3 Å². The number of benzene rings is 1. The Morgan fingerprint density at radius 3 is 2.74 bits per heavy atom. The number of nitrogens with zero attached hydrogens (tertiary/aromatic N) is 1. The van der Waals surface area contributed by atoms with Crippen molar-refractivity contribution in [2.75, 3.05) is 13.7 Å². The lowest BCUT2D eigenvalue weighted by Gasteiger charge is -2.12. The van der Waals surface area contributed by atoms with Gasteiger partial charge in [-0.1, -0.05) is 12.1 Å². The van der Waals surface area contributed by atoms with Crippen molar-refractivity contribution >= 4 is 5.91 Å². The fraction of sp³-hybridized carbons (Fsp3) is 0.231. The number of carbonyl (C=O) groups excluding carboxylic acids is 1. The lowest BCUT2D eigenvalue weighted by atomic mass is 10.1. The average Bonchev–Trinajstić information content (AvgIpc) is 2.98. The van der Waals surface area contributed by atoms with E-state index in [1.165, 1.54) is 6.20 Å². The van der Waals surface area contributed by atoms with E-state index >= 15 is 0 Å². The van der Waals surface area contributed by atoms with Gasteiger partial charge in [0.1, 0.15) is 11.4 Å². The van der Waals surface area contributed by atoms with E-state index in [-0.39, 0.29) is 12.5 Å². The molecule has 6 nitrogen and oxygen atoms in total. The van der Waals surface area contributed by atoms with Gasteiger partial charge >= 0.3 is 0 Å². The van der Waals surface area contributed by atoms with Gasteiger partial charge in [0.25, 0.3) is 5.91 Å². The highest BCUT2D eigenvalue weighted by atomic mass is 16.5. The maximum atomic E-state index is 11.6. The first kappa shape index (κ1) is 13.1. The van der Waals surface area contributed by atoms with Crippen molar-refractivity contribution in [2.24, 2.45) is 0 Å². The Morgan fingerprint density at radius 2 is 2.16 bits per heavy atom. The molecule has 1 aromatic carbocycles. The number of aliphatic hydroxyl groups is 1. The van der Waals surface area contributed by atoms with Crippen molar-refractivity contribution in [3.8, 4) is 5.75 Å². The summed E-state index contributed by atoms with van der Waals surface area (Å²) in [6.07, 6.45) is 0.729. The molecule has 2 aromatic rings. The molecule has 0 spiro atoms. The minimum Gasteiger partial charge on any atom is -0.497 e. The standard InChI is InChI=1S/C13H15N3O3/c1-19-10-4-2-9(3-5-10)12(17)8-14-13(18)11-6-7-15-16-11/h2-7,12,17H,8H2,1H3,(H,14,18)(H,15,16). The Kier molecular flexibility index (Phi) is 4.15. The van der Waals surface area contributed by atoms with Crippen LogP contribution in [0.4, 0.5) is 0 Å². The van der Waals surface area contributed by atoms with Crippen LogP contribution >= 0.6 is 0 Å². The highest BCUT2D eigenvalue weighted by Gasteiger charge is 2.11. The summed E-state index contributed by atoms with van der Waals surface area (Å²) in [5, 5.41) is 18.8. The van der Waals surface area contributed by atoms with Gasteiger partial charge < -0.3 is 15.2 Å². The number of ether oxygens (including phenoxy) is 1. The monoisotopic (exact) mass is 261 g/mol. The average molecular weight is 261 g/mol. The summed E-state index contributed by atoms with van der Waals surface area (Å²) >= 11 is 0. The van der Waals surface area contributed by atoms with Crippen molar-refractivity contribution in [3.63, 3.8) is 0 Å². The zero-order valence-corrected chi connectivity index (χ0v) is 10.5. The predicted octanol–water partition coefficient (Wildman–Crippen LogP) is 0.882. The summed E-state index contributed by atoms with van der Waals surface area (Å²) in [6.45, 7) is 0.129. The van der Waals surface area contributed by atoms with Crippen LogP contribution in [0.3, 0.4) is 0 Å². The van der Waals surface area contributed by atoms with Gasteiger partial charge in [-0.05, 0) is 23.8 Å². The molecular formula is C13H15N3O3. The van der Waals surface area contributed by atoms with Gasteiger partial charge in [-0.25, -0.2) is 0 Å². The maximum Gasteiger partial charge on any atom is 0.269 e. The Balaban J connectivity index is 1.90. The van der Waals surface area contributed by atoms with Gasteiger partial charge in [0.15, 0.2) is 0 Å². The lowest BCUT2D eigenvalue weighted by molar-refractivity contribution is 0.0911. The molecule has 6 heteroatoms. The molecule has 0 fully saturated rings. The van der Waals surface area contributed by atoms with Gasteiger partial charge in [-0.2, -0.15) is 5.10 Å². The Morgan fingerprint density at radius 1 is 1.42 bits per heavy atom. The Labute approximate surface area is 110 Å². The summed E-state index contributed by atoms with van der Waals surface area (Å²) in [4.78, 5) is 11.6. The number of amides is 1. The van der Waals surface area contributed by atoms with E-state index in [4.69, 9.17) is 4.74 Å². The van der Waals surface area contributed by atoms with Crippen molar-refractivity contribution < 1.29 is 14.6 Å². The zero-order chi connectivity index (χ0) is 13.7. The highest BCUT2D eigenvalue weighted by molar-refractivity contribution is 5.92. The Hall–Kier alpha value is -2.34. The molecule has 0 bridgehead atoms. The number of H-pyrrole nitrogens is 1. The maximum absolute atomic E-state index is 11.6. The fourth-order valence-corrected chi connectivity index (χ4v) is 1.61. The molecule has 0 radical (unpaired) electrons. The topological polar surface area (TPSA) is 87.2 Å². The first-order valence-corrected chi connectivity index (χ1v) is 5.80. The molecule has 0 aliphatic rings. The second kappa shape index (κ2) is 6.01. The molecule has 1 atom stereocenters. The molecule has 1 heterocycles. The number of aromatic amines is 1. The quantitative estimate of drug-likeness (QED) is 0.745. The van der Waals surface area contributed by atoms with Crippen molar-refractivity contribution in [3.05, 3.63) is 47.8 Å². The molecule has 0 saturated carbocycles. The van der Waals surface area contributed by atoms with Gasteiger partial charge in [0.05, 0.1) is 13.2 Å². The van der Waals surface area contributed by atoms with Gasteiger partial charge in [0.2, 0.25) is 0 Å². The van der Waals surface area contributed by atoms with E-state index in [9.17, 15) is 9.90 Å². The van der Waals surface area contributed by atoms with E-state index in [2.05, 4.69) is 15.5 Å². The van der Waals surface area contributed by atoms with Crippen LogP contribution in [0.1, 0.15) is 22.2 Å². The number of aliphatic hydroxyl groups excluding tert-OH is 1. The van der Waals surface area contributed by atoms with Crippen LogP contribution < -0.4 is 10.1 Å². The number of rotatable bonds is 5. The molecule has 3 N–H and O–H groups in total. The van der Waals surface area contributed by atoms with Crippen LogP contribution in [0.15, 0.2) is 36.5 Å². The van der Waals surface area contributed by atoms with Crippen LogP contribution in [0.25, 0.3) is 0 Å². The first-order chi connectivity index (χ1) is 9.20. The summed E-state index contributed by atoms with van der Waals surface area (Å²) in [7, 11) is 1.58. The van der Waals surface area contributed by atoms with Crippen LogP contribution in [0.2, 0.25) is 0 Å². The minimum atomic E-state index is -0.766. The molecule has 2 rings (SSSR count). The Bertz CT molecular complexity index is 523. The lowest BCUT2D eigenvalue weighted by Crippen LogP contribution is -2.28. The summed E-state index contributed by atoms with van der Waals surface area (Å²) < 4.78 is 5.03. The van der Waals surface area contributed by atoms with Gasteiger partial charge in [-0.15, -0.1) is 0 Å². The van der Waals surface area contributed by atoms with Crippen molar-refractivity contribution in [1.82, 2.24) is 15.5 Å². The molecule has 1 aromatic heterocycles. The SMILES string of the molecule is COc1ccc(C(O)CNC(=O)c2ccn[nH]2)cc1. The second-order valence-corrected chi connectivity index (χ2v) is 3.97. The van der Waals surface area contributed by atoms with Gasteiger partial charge in [0, 0.05) is 12.7 Å². The molecule has 1 amide bonds. The molecule has 0 aliphatic heterocycles. The summed E-state index contributed by atoms with van der Waals surface area (Å²) in [6, 6.07) is 8.59. The van der Waals surface area contributed by atoms with Crippen molar-refractivity contribution in [2.45, 2.75) is 6.10 Å². The number of hydrogen-bond donors (Lipinski definition) is 3. The third-order valence-corrected chi connectivity index (χ3v) is 2.70. The fourth-order valence-electron chi connectivity index (χ4n) is 1.61. The van der Waals surface area contributed by atoms with E-state index < -0.39 is 6.10 Å². The van der Waals surface area contributed by atoms with Gasteiger partial charge in [-0.3, -0.25) is 9.89 Å². The van der Waals surface area contributed by atoms with Crippen molar-refractivity contribution in [1.29, 1.82) is 0 Å². The normalized spacial score (nSPS) is 11.9. The smallest absolute Gasteiger partial charge is 0.269 e. The summed E-state index contributed by atoms with van der Waals surface area (Å²) in [5.41, 5.74) is 1.08. The van der Waals surface area contributed by atoms with E-state index in [1.54, 1.807) is 37.4 Å². The highest BCUT2D eigenvalue weighted by Crippen LogP contribution is 2.16. The molecule has 0 aliphatic carbocycles. The number of methoxy groups -OCH3 is 1. The molecular weight excluding hydrogens is 246 g/mol. The van der Waals surface area contributed by atoms with Crippen LogP contribution in [0, 0.1) is 0 Å². The third-order valence-electron chi connectivity index (χ3n) is 2.70. The molecule has 100 valence electrons. The molecule has 1 unspecified atom stereocenters. The number of aromatic nitrogens is 2. The number of hydrogen-bond acceptors (Lipinski definition) is 4. The van der Waals surface area contributed by atoms with E-state index in [0.717, 1.165) is 5.75 Å². The van der Waals surface area contributed by atoms with E-state index in [1.807, 2.05) is 0 Å². The number of carbonyl (C=O) groups is 1. The second-order valence-electron chi connectivity index (χ2n) is 3.97. The zero-order valence-electron chi connectivity index (χ0n) is 10.5. The predicted molar refractivity (Wildman–Crippen MR) is 68.9 cm³/mol. The molecule has 19 heavy (non-hydrogen) atoms. The minimum absolute atomic E-state index is 0.129. The summed E-state index contributed by atoms with van der Waals surface area (Å²) in [5.74, 6) is 0.419. The largest absolute Gasteiger partial charge is 0.497 e. The number of nitrogens with one attached hydrogen (secondary N) is 2. The third kappa shape index (κ3) is 3.32.